The van der Waals surface area contributed by atoms with Crippen LogP contribution in [0.15, 0.2) is 45.3 Å². The summed E-state index contributed by atoms with van der Waals surface area (Å²) in [5.74, 6) is 0.382. The third-order valence-corrected chi connectivity index (χ3v) is 4.08. The molecule has 19 heavy (non-hydrogen) atoms. The zero-order chi connectivity index (χ0) is 14.0. The molecule has 0 spiro atoms. The van der Waals surface area contributed by atoms with Gasteiger partial charge in [0.05, 0.1) is 22.1 Å². The van der Waals surface area contributed by atoms with Crippen LogP contribution in [0.25, 0.3) is 0 Å². The second-order valence-electron chi connectivity index (χ2n) is 4.01. The molecule has 0 aliphatic heterocycles. The van der Waals surface area contributed by atoms with Crippen LogP contribution in [-0.2, 0) is 0 Å². The van der Waals surface area contributed by atoms with Crippen molar-refractivity contribution in [1.29, 1.82) is 0 Å². The first-order valence-electron chi connectivity index (χ1n) is 5.57. The van der Waals surface area contributed by atoms with Crippen molar-refractivity contribution in [2.75, 3.05) is 7.11 Å². The molecule has 2 aromatic rings. The Hall–Kier alpha value is -0.910. The standard InChI is InChI=1S/C14H12Br2FNO/c1-19-12-6-5-8(7-11(12)16)14(18)9-3-2-4-10(15)13(9)17/h2-7,14H,18H2,1H3. The summed E-state index contributed by atoms with van der Waals surface area (Å²) in [5, 5.41) is 0. The van der Waals surface area contributed by atoms with Crippen LogP contribution in [0.3, 0.4) is 0 Å². The molecule has 0 saturated carbocycles. The summed E-state index contributed by atoms with van der Waals surface area (Å²) in [5.41, 5.74) is 7.38. The predicted molar refractivity (Wildman–Crippen MR) is 80.8 cm³/mol. The van der Waals surface area contributed by atoms with E-state index in [1.807, 2.05) is 12.1 Å². The number of hydrogen-bond acceptors (Lipinski definition) is 2. The lowest BCUT2D eigenvalue weighted by molar-refractivity contribution is 0.412. The molecule has 5 heteroatoms. The van der Waals surface area contributed by atoms with Crippen LogP contribution in [0.2, 0.25) is 0 Å². The SMILES string of the molecule is COc1ccc(C(N)c2cccc(Br)c2F)cc1Br. The lowest BCUT2D eigenvalue weighted by Gasteiger charge is -2.15. The van der Waals surface area contributed by atoms with Gasteiger partial charge in [-0.15, -0.1) is 0 Å². The summed E-state index contributed by atoms with van der Waals surface area (Å²) < 4.78 is 20.4. The molecule has 0 bridgehead atoms. The van der Waals surface area contributed by atoms with E-state index < -0.39 is 6.04 Å². The number of rotatable bonds is 3. The van der Waals surface area contributed by atoms with E-state index in [1.165, 1.54) is 0 Å². The molecule has 2 N–H and O–H groups in total. The molecule has 0 amide bonds. The Morgan fingerprint density at radius 3 is 2.53 bits per heavy atom. The number of halogens is 3. The number of ether oxygens (including phenoxy) is 1. The van der Waals surface area contributed by atoms with Crippen LogP contribution in [-0.4, -0.2) is 7.11 Å². The van der Waals surface area contributed by atoms with Crippen LogP contribution >= 0.6 is 31.9 Å². The van der Waals surface area contributed by atoms with Gasteiger partial charge in [0.2, 0.25) is 0 Å². The van der Waals surface area contributed by atoms with E-state index in [4.69, 9.17) is 10.5 Å². The van der Waals surface area contributed by atoms with Crippen molar-refractivity contribution >= 4 is 31.9 Å². The third-order valence-electron chi connectivity index (χ3n) is 2.85. The molecule has 0 aliphatic carbocycles. The fourth-order valence-corrected chi connectivity index (χ4v) is 2.76. The molecule has 2 rings (SSSR count). The summed E-state index contributed by atoms with van der Waals surface area (Å²) >= 11 is 6.56. The van der Waals surface area contributed by atoms with Gasteiger partial charge in [-0.1, -0.05) is 18.2 Å². The monoisotopic (exact) mass is 387 g/mol. The molecule has 0 heterocycles. The van der Waals surface area contributed by atoms with Gasteiger partial charge in [-0.3, -0.25) is 0 Å². The first-order valence-corrected chi connectivity index (χ1v) is 7.16. The Kier molecular flexibility index (Phi) is 4.60. The molecule has 1 unspecified atom stereocenters. The molecule has 2 aromatic carbocycles. The third kappa shape index (κ3) is 2.99. The van der Waals surface area contributed by atoms with Crippen molar-refractivity contribution in [2.45, 2.75) is 6.04 Å². The quantitative estimate of drug-likeness (QED) is 0.845. The highest BCUT2D eigenvalue weighted by molar-refractivity contribution is 9.10. The zero-order valence-electron chi connectivity index (χ0n) is 10.2. The van der Waals surface area contributed by atoms with Gasteiger partial charge in [-0.05, 0) is 55.6 Å². The molecular formula is C14H12Br2FNO. The van der Waals surface area contributed by atoms with Crippen LogP contribution in [0.1, 0.15) is 17.2 Å². The van der Waals surface area contributed by atoms with Crippen molar-refractivity contribution in [3.05, 3.63) is 62.3 Å². The fourth-order valence-electron chi connectivity index (χ4n) is 1.82. The van der Waals surface area contributed by atoms with E-state index in [0.29, 0.717) is 15.8 Å². The maximum atomic E-state index is 14.0. The Labute approximate surface area is 128 Å². The van der Waals surface area contributed by atoms with Crippen molar-refractivity contribution in [3.63, 3.8) is 0 Å². The van der Waals surface area contributed by atoms with Gasteiger partial charge in [0.1, 0.15) is 11.6 Å². The number of nitrogens with two attached hydrogens (primary N) is 1. The highest BCUT2D eigenvalue weighted by Gasteiger charge is 2.16. The lowest BCUT2D eigenvalue weighted by atomic mass is 9.99. The van der Waals surface area contributed by atoms with E-state index in [2.05, 4.69) is 31.9 Å². The van der Waals surface area contributed by atoms with Crippen LogP contribution < -0.4 is 10.5 Å². The van der Waals surface area contributed by atoms with E-state index >= 15 is 0 Å². The molecule has 0 aromatic heterocycles. The van der Waals surface area contributed by atoms with Crippen LogP contribution in [0, 0.1) is 5.82 Å². The largest absolute Gasteiger partial charge is 0.496 e. The topological polar surface area (TPSA) is 35.2 Å². The average molecular weight is 389 g/mol. The number of methoxy groups -OCH3 is 1. The molecule has 0 saturated heterocycles. The lowest BCUT2D eigenvalue weighted by Crippen LogP contribution is -2.14. The second-order valence-corrected chi connectivity index (χ2v) is 5.72. The molecular weight excluding hydrogens is 377 g/mol. The Morgan fingerprint density at radius 2 is 1.89 bits per heavy atom. The Balaban J connectivity index is 2.41. The number of hydrogen-bond donors (Lipinski definition) is 1. The highest BCUT2D eigenvalue weighted by atomic mass is 79.9. The molecule has 0 fully saturated rings. The summed E-state index contributed by atoms with van der Waals surface area (Å²) in [6.07, 6.45) is 0. The predicted octanol–water partition coefficient (Wildman–Crippen LogP) is 4.41. The minimum atomic E-state index is -0.528. The van der Waals surface area contributed by atoms with Gasteiger partial charge < -0.3 is 10.5 Å². The van der Waals surface area contributed by atoms with Crippen molar-refractivity contribution in [3.8, 4) is 5.75 Å². The van der Waals surface area contributed by atoms with E-state index in [-0.39, 0.29) is 5.82 Å². The second kappa shape index (κ2) is 6.03. The van der Waals surface area contributed by atoms with Gasteiger partial charge in [0.15, 0.2) is 0 Å². The molecule has 2 nitrogen and oxygen atoms in total. The first kappa shape index (κ1) is 14.5. The molecule has 0 radical (unpaired) electrons. The first-order chi connectivity index (χ1) is 9.04. The maximum absolute atomic E-state index is 14.0. The molecule has 100 valence electrons. The van der Waals surface area contributed by atoms with Crippen molar-refractivity contribution in [2.24, 2.45) is 5.73 Å². The summed E-state index contributed by atoms with van der Waals surface area (Å²) in [6.45, 7) is 0. The minimum Gasteiger partial charge on any atom is -0.496 e. The summed E-state index contributed by atoms with van der Waals surface area (Å²) in [4.78, 5) is 0. The summed E-state index contributed by atoms with van der Waals surface area (Å²) in [7, 11) is 1.59. The van der Waals surface area contributed by atoms with Crippen molar-refractivity contribution in [1.82, 2.24) is 0 Å². The van der Waals surface area contributed by atoms with Gasteiger partial charge in [-0.25, -0.2) is 4.39 Å². The fraction of sp³-hybridized carbons (Fsp3) is 0.143. The van der Waals surface area contributed by atoms with Gasteiger partial charge in [0.25, 0.3) is 0 Å². The summed E-state index contributed by atoms with van der Waals surface area (Å²) in [6, 6.07) is 10.0. The minimum absolute atomic E-state index is 0.332. The normalized spacial score (nSPS) is 12.3. The number of benzene rings is 2. The molecule has 0 aliphatic rings. The Bertz CT molecular complexity index is 604. The van der Waals surface area contributed by atoms with Crippen molar-refractivity contribution < 1.29 is 9.13 Å². The van der Waals surface area contributed by atoms with Gasteiger partial charge in [-0.2, -0.15) is 0 Å². The van der Waals surface area contributed by atoms with Gasteiger partial charge in [0, 0.05) is 5.56 Å². The van der Waals surface area contributed by atoms with Crippen LogP contribution in [0.5, 0.6) is 5.75 Å². The Morgan fingerprint density at radius 1 is 1.16 bits per heavy atom. The smallest absolute Gasteiger partial charge is 0.142 e. The van der Waals surface area contributed by atoms with E-state index in [1.54, 1.807) is 31.4 Å². The van der Waals surface area contributed by atoms with Crippen LogP contribution in [0.4, 0.5) is 4.39 Å². The van der Waals surface area contributed by atoms with E-state index in [9.17, 15) is 4.39 Å². The maximum Gasteiger partial charge on any atom is 0.142 e. The van der Waals surface area contributed by atoms with Gasteiger partial charge >= 0.3 is 0 Å². The average Bonchev–Trinajstić information content (AvgIpc) is 2.41. The zero-order valence-corrected chi connectivity index (χ0v) is 13.3. The van der Waals surface area contributed by atoms with E-state index in [0.717, 1.165) is 10.0 Å². The molecule has 1 atom stereocenters. The highest BCUT2D eigenvalue weighted by Crippen LogP contribution is 2.31.